The highest BCUT2D eigenvalue weighted by Crippen LogP contribution is 2.46. The molecule has 1 aliphatic heterocycles. The summed E-state index contributed by atoms with van der Waals surface area (Å²) in [5.41, 5.74) is 2.83. The first-order chi connectivity index (χ1) is 13.1. The van der Waals surface area contributed by atoms with Crippen LogP contribution in [0.4, 0.5) is 5.82 Å². The van der Waals surface area contributed by atoms with Gasteiger partial charge in [0.05, 0.1) is 5.56 Å². The number of aromatic nitrogens is 2. The van der Waals surface area contributed by atoms with Gasteiger partial charge in [0.1, 0.15) is 5.82 Å². The van der Waals surface area contributed by atoms with Crippen molar-refractivity contribution in [1.29, 1.82) is 0 Å². The third-order valence-electron chi connectivity index (χ3n) is 5.32. The molecule has 0 saturated heterocycles. The Labute approximate surface area is 164 Å². The van der Waals surface area contributed by atoms with Gasteiger partial charge in [-0.05, 0) is 35.6 Å². The van der Waals surface area contributed by atoms with Crippen LogP contribution in [0.3, 0.4) is 0 Å². The number of carbonyl (C=O) groups is 1. The number of hydrogen-bond acceptors (Lipinski definition) is 4. The molecule has 2 aromatic heterocycles. The molecule has 5 rings (SSSR count). The molecule has 3 aromatic rings. The van der Waals surface area contributed by atoms with E-state index in [-0.39, 0.29) is 23.2 Å². The van der Waals surface area contributed by atoms with E-state index in [1.165, 1.54) is 4.88 Å². The summed E-state index contributed by atoms with van der Waals surface area (Å²) >= 11 is 7.72. The number of carbonyl (C=O) groups excluding carboxylic acids is 1. The minimum Gasteiger partial charge on any atom is -0.343 e. The van der Waals surface area contributed by atoms with Gasteiger partial charge in [0.15, 0.2) is 5.78 Å². The molecule has 7 heteroatoms. The number of halogens is 1. The van der Waals surface area contributed by atoms with Crippen molar-refractivity contribution in [2.75, 3.05) is 5.32 Å². The Morgan fingerprint density at radius 2 is 1.85 bits per heavy atom. The Hall–Kier alpha value is -2.57. The fourth-order valence-electron chi connectivity index (χ4n) is 4.13. The van der Waals surface area contributed by atoms with Gasteiger partial charge in [-0.2, -0.15) is 0 Å². The van der Waals surface area contributed by atoms with Crippen LogP contribution in [0.25, 0.3) is 0 Å². The topological polar surface area (TPSA) is 77.8 Å². The maximum Gasteiger partial charge on any atom is 0.270 e. The molecule has 0 fully saturated rings. The third-order valence-corrected chi connectivity index (χ3v) is 6.61. The summed E-state index contributed by atoms with van der Waals surface area (Å²) in [5.74, 6) is 0.508. The molecule has 2 aliphatic rings. The Balaban J connectivity index is 1.65. The second-order valence-corrected chi connectivity index (χ2v) is 8.33. The van der Waals surface area contributed by atoms with Gasteiger partial charge in [-0.15, -0.1) is 11.3 Å². The summed E-state index contributed by atoms with van der Waals surface area (Å²) in [4.78, 5) is 26.9. The van der Waals surface area contributed by atoms with E-state index in [0.29, 0.717) is 28.4 Å². The standard InChI is InChI=1S/C20H16ClN3O2S/c21-12-5-3-10(4-6-12)16-17-13(22-19-18(16)20(26)24-23-19)8-11(9-14(17)25)15-2-1-7-27-15/h1-7,11,16H,8-9H2,(H3,22,23,24,26)/t11-,16-/m0/s1. The van der Waals surface area contributed by atoms with Crippen LogP contribution in [0.5, 0.6) is 0 Å². The van der Waals surface area contributed by atoms with E-state index in [0.717, 1.165) is 17.7 Å². The molecule has 1 aromatic carbocycles. The number of H-pyrrole nitrogens is 2. The van der Waals surface area contributed by atoms with Gasteiger partial charge in [0.2, 0.25) is 0 Å². The first-order valence-electron chi connectivity index (χ1n) is 8.74. The number of anilines is 1. The van der Waals surface area contributed by atoms with Crippen molar-refractivity contribution in [1.82, 2.24) is 10.2 Å². The van der Waals surface area contributed by atoms with Crippen molar-refractivity contribution >= 4 is 34.5 Å². The molecule has 3 heterocycles. The number of Topliss-reactive ketones (excluding diaryl/α,β-unsaturated/α-hetero) is 1. The van der Waals surface area contributed by atoms with E-state index < -0.39 is 0 Å². The van der Waals surface area contributed by atoms with E-state index in [9.17, 15) is 9.59 Å². The molecule has 2 atom stereocenters. The van der Waals surface area contributed by atoms with Gasteiger partial charge in [-0.25, -0.2) is 0 Å². The zero-order valence-corrected chi connectivity index (χ0v) is 15.8. The number of ketones is 1. The number of benzene rings is 1. The summed E-state index contributed by atoms with van der Waals surface area (Å²) in [6.45, 7) is 0. The molecule has 3 N–H and O–H groups in total. The number of hydrogen-bond donors (Lipinski definition) is 3. The lowest BCUT2D eigenvalue weighted by atomic mass is 9.74. The van der Waals surface area contributed by atoms with Crippen LogP contribution in [0.15, 0.2) is 57.8 Å². The highest BCUT2D eigenvalue weighted by atomic mass is 35.5. The fraction of sp³-hybridized carbons (Fsp3) is 0.200. The van der Waals surface area contributed by atoms with Crippen LogP contribution < -0.4 is 10.9 Å². The van der Waals surface area contributed by atoms with Gasteiger partial charge in [0, 0.05) is 39.4 Å². The highest BCUT2D eigenvalue weighted by molar-refractivity contribution is 7.10. The number of thiophene rings is 1. The lowest BCUT2D eigenvalue weighted by Gasteiger charge is -2.34. The van der Waals surface area contributed by atoms with E-state index in [4.69, 9.17) is 11.6 Å². The maximum absolute atomic E-state index is 13.2. The number of aromatic amines is 2. The van der Waals surface area contributed by atoms with Crippen molar-refractivity contribution in [3.63, 3.8) is 0 Å². The quantitative estimate of drug-likeness (QED) is 0.600. The smallest absolute Gasteiger partial charge is 0.270 e. The number of fused-ring (bicyclic) bond motifs is 1. The molecule has 0 spiro atoms. The second-order valence-electron chi connectivity index (χ2n) is 6.91. The number of allylic oxidation sites excluding steroid dienone is 2. The Kier molecular flexibility index (Phi) is 3.84. The van der Waals surface area contributed by atoms with Crippen LogP contribution in [0.2, 0.25) is 5.02 Å². The predicted molar refractivity (Wildman–Crippen MR) is 107 cm³/mol. The first kappa shape index (κ1) is 16.6. The summed E-state index contributed by atoms with van der Waals surface area (Å²) < 4.78 is 0. The SMILES string of the molecule is O=C1C[C@@H](c2cccs2)CC2=C1[C@H](c1ccc(Cl)cc1)c1c([nH][nH]c1=O)N2. The molecule has 136 valence electrons. The van der Waals surface area contributed by atoms with Crippen LogP contribution in [-0.2, 0) is 4.79 Å². The minimum atomic E-state index is -0.389. The molecule has 0 amide bonds. The van der Waals surface area contributed by atoms with Crippen LogP contribution >= 0.6 is 22.9 Å². The van der Waals surface area contributed by atoms with E-state index in [1.54, 1.807) is 23.5 Å². The van der Waals surface area contributed by atoms with Gasteiger partial charge in [-0.1, -0.05) is 29.8 Å². The van der Waals surface area contributed by atoms with Crippen LogP contribution in [-0.4, -0.2) is 16.0 Å². The molecule has 0 bridgehead atoms. The average Bonchev–Trinajstić information content (AvgIpc) is 3.31. The van der Waals surface area contributed by atoms with Gasteiger partial charge >= 0.3 is 0 Å². The van der Waals surface area contributed by atoms with E-state index >= 15 is 0 Å². The molecule has 0 saturated carbocycles. The van der Waals surface area contributed by atoms with Gasteiger partial charge in [-0.3, -0.25) is 19.8 Å². The molecule has 0 radical (unpaired) electrons. The van der Waals surface area contributed by atoms with Crippen LogP contribution in [0.1, 0.15) is 40.7 Å². The minimum absolute atomic E-state index is 0.0911. The summed E-state index contributed by atoms with van der Waals surface area (Å²) in [6, 6.07) is 11.5. The maximum atomic E-state index is 13.2. The van der Waals surface area contributed by atoms with Gasteiger partial charge < -0.3 is 5.32 Å². The zero-order chi connectivity index (χ0) is 18.5. The molecular weight excluding hydrogens is 382 g/mol. The molecule has 0 unspecified atom stereocenters. The summed E-state index contributed by atoms with van der Waals surface area (Å²) in [6.07, 6.45) is 1.21. The van der Waals surface area contributed by atoms with Crippen LogP contribution in [0, 0.1) is 0 Å². The second kappa shape index (κ2) is 6.25. The van der Waals surface area contributed by atoms with Crippen molar-refractivity contribution < 1.29 is 4.79 Å². The van der Waals surface area contributed by atoms with E-state index in [2.05, 4.69) is 21.6 Å². The van der Waals surface area contributed by atoms with Crippen molar-refractivity contribution in [3.8, 4) is 0 Å². The third kappa shape index (κ3) is 2.67. The molecular formula is C20H16ClN3O2S. The van der Waals surface area contributed by atoms with Gasteiger partial charge in [0.25, 0.3) is 5.56 Å². The number of nitrogens with one attached hydrogen (secondary N) is 3. The van der Waals surface area contributed by atoms with Crippen molar-refractivity contribution in [3.05, 3.63) is 84.4 Å². The zero-order valence-electron chi connectivity index (χ0n) is 14.2. The molecule has 1 aliphatic carbocycles. The largest absolute Gasteiger partial charge is 0.343 e. The number of rotatable bonds is 2. The fourth-order valence-corrected chi connectivity index (χ4v) is 5.09. The normalized spacial score (nSPS) is 21.6. The Bertz CT molecular complexity index is 1110. The van der Waals surface area contributed by atoms with E-state index in [1.807, 2.05) is 23.6 Å². The first-order valence-corrected chi connectivity index (χ1v) is 10.00. The Morgan fingerprint density at radius 3 is 2.59 bits per heavy atom. The predicted octanol–water partition coefficient (Wildman–Crippen LogP) is 4.38. The van der Waals surface area contributed by atoms with Crippen molar-refractivity contribution in [2.24, 2.45) is 0 Å². The molecule has 5 nitrogen and oxygen atoms in total. The monoisotopic (exact) mass is 397 g/mol. The highest BCUT2D eigenvalue weighted by Gasteiger charge is 2.40. The van der Waals surface area contributed by atoms with Crippen molar-refractivity contribution in [2.45, 2.75) is 24.7 Å². The average molecular weight is 398 g/mol. The Morgan fingerprint density at radius 1 is 1.04 bits per heavy atom. The summed E-state index contributed by atoms with van der Waals surface area (Å²) in [5, 5.41) is 11.5. The summed E-state index contributed by atoms with van der Waals surface area (Å²) in [7, 11) is 0. The lowest BCUT2D eigenvalue weighted by Crippen LogP contribution is -2.31. The molecule has 27 heavy (non-hydrogen) atoms. The lowest BCUT2D eigenvalue weighted by molar-refractivity contribution is -0.116.